The predicted molar refractivity (Wildman–Crippen MR) is 99.1 cm³/mol. The maximum Gasteiger partial charge on any atom is 0.308 e. The normalized spacial score (nSPS) is 13.9. The van der Waals surface area contributed by atoms with Crippen molar-refractivity contribution in [1.29, 1.82) is 0 Å². The lowest BCUT2D eigenvalue weighted by Gasteiger charge is -2.21. The molecule has 3 rings (SSSR count). The largest absolute Gasteiger partial charge is 0.467 e. The van der Waals surface area contributed by atoms with E-state index in [4.69, 9.17) is 25.8 Å². The Kier molecular flexibility index (Phi) is 6.32. The summed E-state index contributed by atoms with van der Waals surface area (Å²) in [4.78, 5) is 23.8. The summed E-state index contributed by atoms with van der Waals surface area (Å²) in [6, 6.07) is 12.3. The number of carbonyl (C=O) groups is 2. The quantitative estimate of drug-likeness (QED) is 0.765. The number of halogens is 1. The molecule has 2 aromatic carbocycles. The predicted octanol–water partition coefficient (Wildman–Crippen LogP) is 3.52. The number of esters is 1. The highest BCUT2D eigenvalue weighted by atomic mass is 35.5. The van der Waals surface area contributed by atoms with Gasteiger partial charge in [-0.1, -0.05) is 41.9 Å². The zero-order chi connectivity index (χ0) is 19.2. The maximum atomic E-state index is 12.4. The van der Waals surface area contributed by atoms with E-state index < -0.39 is 12.0 Å². The van der Waals surface area contributed by atoms with Crippen molar-refractivity contribution in [2.45, 2.75) is 32.6 Å². The number of amides is 1. The van der Waals surface area contributed by atoms with Gasteiger partial charge in [0.25, 0.3) is 0 Å². The first kappa shape index (κ1) is 19.2. The molecule has 0 aromatic heterocycles. The van der Waals surface area contributed by atoms with Crippen LogP contribution in [0, 0.1) is 0 Å². The second kappa shape index (κ2) is 8.88. The molecule has 0 saturated heterocycles. The number of hydrogen-bond acceptors (Lipinski definition) is 5. The van der Waals surface area contributed by atoms with Gasteiger partial charge in [0, 0.05) is 23.1 Å². The number of rotatable bonds is 6. The first-order chi connectivity index (χ1) is 13.0. The molecule has 1 amide bonds. The van der Waals surface area contributed by atoms with Gasteiger partial charge in [-0.25, -0.2) is 0 Å². The van der Waals surface area contributed by atoms with Gasteiger partial charge in [-0.15, -0.1) is 0 Å². The van der Waals surface area contributed by atoms with E-state index in [9.17, 15) is 9.59 Å². The Morgan fingerprint density at radius 3 is 2.78 bits per heavy atom. The Morgan fingerprint density at radius 2 is 2.04 bits per heavy atom. The molecule has 1 aliphatic heterocycles. The van der Waals surface area contributed by atoms with Crippen LogP contribution in [0.1, 0.15) is 36.1 Å². The average Bonchev–Trinajstić information content (AvgIpc) is 2.66. The summed E-state index contributed by atoms with van der Waals surface area (Å²) in [6.45, 7) is 1.99. The number of ether oxygens (including phenoxy) is 3. The van der Waals surface area contributed by atoms with Gasteiger partial charge in [-0.3, -0.25) is 9.59 Å². The van der Waals surface area contributed by atoms with Crippen molar-refractivity contribution in [2.24, 2.45) is 0 Å². The molecule has 27 heavy (non-hydrogen) atoms. The maximum absolute atomic E-state index is 12.4. The van der Waals surface area contributed by atoms with Crippen LogP contribution < -0.4 is 10.1 Å². The van der Waals surface area contributed by atoms with Gasteiger partial charge < -0.3 is 19.5 Å². The standard InChI is InChI=1S/C20H20ClNO5/c1-13(23)22-18(14-5-3-2-4-6-14)9-19(24)26-11-16-8-17(21)7-15-10-25-12-27-20(15)16/h2-8,18H,9-12H2,1H3,(H,22,23)/t18-/m0/s1. The van der Waals surface area contributed by atoms with E-state index in [0.29, 0.717) is 22.9 Å². The minimum Gasteiger partial charge on any atom is -0.467 e. The van der Waals surface area contributed by atoms with E-state index in [2.05, 4.69) is 5.32 Å². The van der Waals surface area contributed by atoms with E-state index in [1.165, 1.54) is 6.92 Å². The summed E-state index contributed by atoms with van der Waals surface area (Å²) in [5.41, 5.74) is 2.34. The van der Waals surface area contributed by atoms with E-state index in [1.807, 2.05) is 30.3 Å². The first-order valence-corrected chi connectivity index (χ1v) is 8.90. The second-order valence-electron chi connectivity index (χ2n) is 6.19. The van der Waals surface area contributed by atoms with Gasteiger partial charge in [0.15, 0.2) is 6.79 Å². The van der Waals surface area contributed by atoms with Gasteiger partial charge in [0.1, 0.15) is 12.4 Å². The van der Waals surface area contributed by atoms with Crippen LogP contribution in [0.2, 0.25) is 5.02 Å². The molecular weight excluding hydrogens is 370 g/mol. The molecule has 1 aliphatic rings. The van der Waals surface area contributed by atoms with Crippen LogP contribution in [-0.4, -0.2) is 18.7 Å². The number of nitrogens with one attached hydrogen (secondary N) is 1. The highest BCUT2D eigenvalue weighted by Crippen LogP contribution is 2.32. The minimum absolute atomic E-state index is 0.0241. The van der Waals surface area contributed by atoms with Gasteiger partial charge in [-0.2, -0.15) is 0 Å². The smallest absolute Gasteiger partial charge is 0.308 e. The lowest BCUT2D eigenvalue weighted by molar-refractivity contribution is -0.145. The summed E-state index contributed by atoms with van der Waals surface area (Å²) >= 11 is 6.12. The van der Waals surface area contributed by atoms with Crippen molar-refractivity contribution in [1.82, 2.24) is 5.32 Å². The van der Waals surface area contributed by atoms with E-state index in [0.717, 1.165) is 11.1 Å². The highest BCUT2D eigenvalue weighted by Gasteiger charge is 2.20. The molecule has 7 heteroatoms. The van der Waals surface area contributed by atoms with E-state index in [1.54, 1.807) is 12.1 Å². The lowest BCUT2D eigenvalue weighted by atomic mass is 10.0. The third kappa shape index (κ3) is 5.21. The van der Waals surface area contributed by atoms with Gasteiger partial charge in [0.2, 0.25) is 5.91 Å². The van der Waals surface area contributed by atoms with E-state index in [-0.39, 0.29) is 25.7 Å². The summed E-state index contributed by atoms with van der Waals surface area (Å²) in [5, 5.41) is 3.30. The highest BCUT2D eigenvalue weighted by molar-refractivity contribution is 6.30. The first-order valence-electron chi connectivity index (χ1n) is 8.52. The number of fused-ring (bicyclic) bond motifs is 1. The Labute approximate surface area is 162 Å². The van der Waals surface area contributed by atoms with Gasteiger partial charge in [0.05, 0.1) is 19.1 Å². The summed E-state index contributed by atoms with van der Waals surface area (Å²) in [6.07, 6.45) is 0.0241. The molecule has 0 unspecified atom stereocenters. The third-order valence-corrected chi connectivity index (χ3v) is 4.31. The average molecular weight is 390 g/mol. The van der Waals surface area contributed by atoms with Crippen LogP contribution >= 0.6 is 11.6 Å². The molecule has 142 valence electrons. The molecule has 0 spiro atoms. The number of benzene rings is 2. The van der Waals surface area contributed by atoms with E-state index >= 15 is 0 Å². The summed E-state index contributed by atoms with van der Waals surface area (Å²) in [5.74, 6) is -0.00716. The van der Waals surface area contributed by atoms with Crippen LogP contribution in [0.25, 0.3) is 0 Å². The van der Waals surface area contributed by atoms with Crippen LogP contribution in [0.4, 0.5) is 0 Å². The molecule has 0 radical (unpaired) electrons. The van der Waals surface area contributed by atoms with Crippen molar-refractivity contribution in [3.63, 3.8) is 0 Å². The zero-order valence-corrected chi connectivity index (χ0v) is 15.6. The molecule has 1 atom stereocenters. The number of hydrogen-bond donors (Lipinski definition) is 1. The van der Waals surface area contributed by atoms with Crippen molar-refractivity contribution in [3.8, 4) is 5.75 Å². The SMILES string of the molecule is CC(=O)N[C@@H](CC(=O)OCc1cc(Cl)cc2c1OCOC2)c1ccccc1. The van der Waals surface area contributed by atoms with Gasteiger partial charge in [-0.05, 0) is 17.7 Å². The summed E-state index contributed by atoms with van der Waals surface area (Å²) < 4.78 is 16.2. The van der Waals surface area contributed by atoms with Crippen LogP contribution in [0.5, 0.6) is 5.75 Å². The van der Waals surface area contributed by atoms with Crippen molar-refractivity contribution < 1.29 is 23.8 Å². The molecule has 0 fully saturated rings. The molecule has 2 aromatic rings. The molecule has 0 saturated carbocycles. The molecule has 1 heterocycles. The fourth-order valence-corrected chi connectivity index (χ4v) is 3.19. The number of carbonyl (C=O) groups excluding carboxylic acids is 2. The third-order valence-electron chi connectivity index (χ3n) is 4.09. The Balaban J connectivity index is 1.66. The van der Waals surface area contributed by atoms with Gasteiger partial charge >= 0.3 is 5.97 Å². The van der Waals surface area contributed by atoms with Crippen LogP contribution in [0.3, 0.4) is 0 Å². The van der Waals surface area contributed by atoms with Crippen molar-refractivity contribution in [2.75, 3.05) is 6.79 Å². The fourth-order valence-electron chi connectivity index (χ4n) is 2.93. The van der Waals surface area contributed by atoms with Crippen LogP contribution in [0.15, 0.2) is 42.5 Å². The molecule has 1 N–H and O–H groups in total. The Morgan fingerprint density at radius 1 is 1.26 bits per heavy atom. The minimum atomic E-state index is -0.450. The Hall–Kier alpha value is -2.57. The molecule has 0 aliphatic carbocycles. The van der Waals surface area contributed by atoms with Crippen LogP contribution in [-0.2, 0) is 32.3 Å². The zero-order valence-electron chi connectivity index (χ0n) is 14.9. The fraction of sp³-hybridized carbons (Fsp3) is 0.300. The lowest BCUT2D eigenvalue weighted by Crippen LogP contribution is -2.28. The topological polar surface area (TPSA) is 73.9 Å². The molecule has 0 bridgehead atoms. The second-order valence-corrected chi connectivity index (χ2v) is 6.63. The summed E-state index contributed by atoms with van der Waals surface area (Å²) in [7, 11) is 0. The monoisotopic (exact) mass is 389 g/mol. The Bertz CT molecular complexity index is 825. The van der Waals surface area contributed by atoms with Crippen molar-refractivity contribution in [3.05, 3.63) is 64.2 Å². The molecular formula is C20H20ClNO5. The molecule has 6 nitrogen and oxygen atoms in total. The van der Waals surface area contributed by atoms with Crippen molar-refractivity contribution >= 4 is 23.5 Å².